The Morgan fingerprint density at radius 1 is 1.15 bits per heavy atom. The molecule has 2 saturated heterocycles. The maximum atomic E-state index is 13.8. The predicted octanol–water partition coefficient (Wildman–Crippen LogP) is 2.41. The number of piperazine rings is 1. The number of nitro groups is 1. The van der Waals surface area contributed by atoms with Crippen molar-refractivity contribution in [3.63, 3.8) is 0 Å². The van der Waals surface area contributed by atoms with Gasteiger partial charge in [-0.15, -0.1) is 0 Å². The van der Waals surface area contributed by atoms with Crippen LogP contribution >= 0.6 is 11.6 Å². The minimum atomic E-state index is -1.25. The quantitative estimate of drug-likeness (QED) is 0.543. The second-order valence-electron chi connectivity index (χ2n) is 8.03. The van der Waals surface area contributed by atoms with Gasteiger partial charge >= 0.3 is 6.03 Å². The summed E-state index contributed by atoms with van der Waals surface area (Å²) in [5.41, 5.74) is -0.159. The Bertz CT molecular complexity index is 1110. The van der Waals surface area contributed by atoms with Crippen LogP contribution in [-0.2, 0) is 16.1 Å². The molecule has 33 heavy (non-hydrogen) atoms. The summed E-state index contributed by atoms with van der Waals surface area (Å²) in [6.45, 7) is 0.349. The van der Waals surface area contributed by atoms with E-state index in [2.05, 4.69) is 5.32 Å². The summed E-state index contributed by atoms with van der Waals surface area (Å²) in [4.78, 5) is 54.4. The van der Waals surface area contributed by atoms with Crippen molar-refractivity contribution in [3.8, 4) is 0 Å². The lowest BCUT2D eigenvalue weighted by Crippen LogP contribution is -2.69. The molecule has 0 aromatic heterocycles. The van der Waals surface area contributed by atoms with Gasteiger partial charge < -0.3 is 20.0 Å². The molecule has 4 amide bonds. The highest BCUT2D eigenvalue weighted by atomic mass is 35.5. The van der Waals surface area contributed by atoms with Gasteiger partial charge in [0.15, 0.2) is 0 Å². The highest BCUT2D eigenvalue weighted by Crippen LogP contribution is 2.37. The zero-order valence-electron chi connectivity index (χ0n) is 17.9. The molecule has 4 rings (SSSR count). The highest BCUT2D eigenvalue weighted by molar-refractivity contribution is 6.30. The Balaban J connectivity index is 1.70. The average Bonchev–Trinajstić information content (AvgIpc) is 3.26. The molecule has 10 nitrogen and oxygen atoms in total. The van der Waals surface area contributed by atoms with Crippen molar-refractivity contribution in [2.75, 3.05) is 31.6 Å². The molecule has 2 aliphatic heterocycles. The Morgan fingerprint density at radius 3 is 2.42 bits per heavy atom. The van der Waals surface area contributed by atoms with E-state index in [0.29, 0.717) is 17.3 Å². The molecule has 0 radical (unpaired) electrons. The minimum Gasteiger partial charge on any atom is -0.341 e. The van der Waals surface area contributed by atoms with Gasteiger partial charge in [-0.05, 0) is 36.2 Å². The van der Waals surface area contributed by atoms with Crippen molar-refractivity contribution in [3.05, 3.63) is 69.2 Å². The molecule has 1 unspecified atom stereocenters. The second-order valence-corrected chi connectivity index (χ2v) is 8.47. The molecule has 1 atom stereocenters. The first-order valence-corrected chi connectivity index (χ1v) is 10.7. The van der Waals surface area contributed by atoms with E-state index in [1.165, 1.54) is 41.1 Å². The molecule has 1 spiro atoms. The maximum absolute atomic E-state index is 13.8. The number of urea groups is 1. The van der Waals surface area contributed by atoms with Crippen LogP contribution in [0, 0.1) is 10.1 Å². The van der Waals surface area contributed by atoms with E-state index in [0.717, 1.165) is 5.56 Å². The minimum absolute atomic E-state index is 0.0499. The van der Waals surface area contributed by atoms with Gasteiger partial charge in [0.25, 0.3) is 11.6 Å². The fraction of sp³-hybridized carbons (Fsp3) is 0.318. The normalized spacial score (nSPS) is 20.5. The summed E-state index contributed by atoms with van der Waals surface area (Å²) in [5, 5.41) is 14.1. The molecule has 0 saturated carbocycles. The number of likely N-dealkylation sites (tertiary alicyclic amines) is 1. The van der Waals surface area contributed by atoms with Gasteiger partial charge in [0.05, 0.1) is 11.5 Å². The van der Waals surface area contributed by atoms with Gasteiger partial charge in [-0.25, -0.2) is 4.79 Å². The third kappa shape index (κ3) is 4.09. The van der Waals surface area contributed by atoms with Crippen LogP contribution in [0.15, 0.2) is 48.5 Å². The molecule has 0 bridgehead atoms. The van der Waals surface area contributed by atoms with E-state index in [-0.39, 0.29) is 49.6 Å². The lowest BCUT2D eigenvalue weighted by Gasteiger charge is -2.47. The topological polar surface area (TPSA) is 116 Å². The lowest BCUT2D eigenvalue weighted by atomic mass is 9.90. The summed E-state index contributed by atoms with van der Waals surface area (Å²) in [5.74, 6) is -0.599. The molecule has 1 N–H and O–H groups in total. The van der Waals surface area contributed by atoms with Crippen LogP contribution < -0.4 is 10.2 Å². The standard InChI is InChI=1S/C22H22ClN5O5/c1-24-21(31)25-11-10-22(14-25)20(30)26(17-6-8-18(9-7-17)28(32)33)13-19(29)27(22)12-15-2-4-16(23)5-3-15/h2-9H,10-14H2,1H3,(H,24,31). The van der Waals surface area contributed by atoms with Gasteiger partial charge in [0.2, 0.25) is 5.91 Å². The molecule has 11 heteroatoms. The van der Waals surface area contributed by atoms with Crippen molar-refractivity contribution >= 4 is 40.8 Å². The van der Waals surface area contributed by atoms with E-state index >= 15 is 0 Å². The maximum Gasteiger partial charge on any atom is 0.317 e. The van der Waals surface area contributed by atoms with E-state index in [1.807, 2.05) is 0 Å². The van der Waals surface area contributed by atoms with Crippen molar-refractivity contribution in [2.45, 2.75) is 18.5 Å². The summed E-state index contributed by atoms with van der Waals surface area (Å²) in [6, 6.07) is 12.2. The number of rotatable bonds is 4. The number of benzene rings is 2. The molecule has 2 heterocycles. The molecular weight excluding hydrogens is 450 g/mol. The highest BCUT2D eigenvalue weighted by Gasteiger charge is 2.56. The number of halogens is 1. The zero-order valence-corrected chi connectivity index (χ0v) is 18.6. The van der Waals surface area contributed by atoms with Gasteiger partial charge in [-0.3, -0.25) is 19.7 Å². The number of hydrogen-bond acceptors (Lipinski definition) is 5. The first-order valence-electron chi connectivity index (χ1n) is 10.3. The third-order valence-electron chi connectivity index (χ3n) is 6.13. The first-order chi connectivity index (χ1) is 15.7. The average molecular weight is 472 g/mol. The molecule has 2 aromatic carbocycles. The van der Waals surface area contributed by atoms with E-state index in [9.17, 15) is 24.5 Å². The van der Waals surface area contributed by atoms with Crippen LogP contribution in [0.25, 0.3) is 0 Å². The number of anilines is 1. The van der Waals surface area contributed by atoms with E-state index < -0.39 is 10.5 Å². The van der Waals surface area contributed by atoms with Crippen molar-refractivity contribution in [2.24, 2.45) is 0 Å². The number of carbonyl (C=O) groups is 3. The number of non-ortho nitro benzene ring substituents is 1. The molecule has 2 aliphatic rings. The second kappa shape index (κ2) is 8.70. The van der Waals surface area contributed by atoms with Gasteiger partial charge in [0, 0.05) is 43.0 Å². The fourth-order valence-corrected chi connectivity index (χ4v) is 4.52. The van der Waals surface area contributed by atoms with Crippen LogP contribution in [0.4, 0.5) is 16.2 Å². The molecule has 0 aliphatic carbocycles. The van der Waals surface area contributed by atoms with Gasteiger partial charge in [-0.2, -0.15) is 0 Å². The molecule has 2 aromatic rings. The Morgan fingerprint density at radius 2 is 1.82 bits per heavy atom. The smallest absolute Gasteiger partial charge is 0.317 e. The summed E-state index contributed by atoms with van der Waals surface area (Å²) < 4.78 is 0. The number of hydrogen-bond donors (Lipinski definition) is 1. The lowest BCUT2D eigenvalue weighted by molar-refractivity contribution is -0.384. The summed E-state index contributed by atoms with van der Waals surface area (Å²) >= 11 is 5.98. The van der Waals surface area contributed by atoms with Gasteiger partial charge in [-0.1, -0.05) is 23.7 Å². The first kappa shape index (κ1) is 22.5. The van der Waals surface area contributed by atoms with Crippen molar-refractivity contribution < 1.29 is 19.3 Å². The monoisotopic (exact) mass is 471 g/mol. The number of nitro benzene ring substituents is 1. The molecule has 2 fully saturated rings. The van der Waals surface area contributed by atoms with Crippen LogP contribution in [0.2, 0.25) is 5.02 Å². The summed E-state index contributed by atoms with van der Waals surface area (Å²) in [6.07, 6.45) is 0.280. The predicted molar refractivity (Wildman–Crippen MR) is 121 cm³/mol. The van der Waals surface area contributed by atoms with Crippen LogP contribution in [-0.4, -0.2) is 64.8 Å². The SMILES string of the molecule is CNC(=O)N1CCC2(C1)C(=O)N(c1ccc([N+](=O)[O-])cc1)CC(=O)N2Cc1ccc(Cl)cc1. The largest absolute Gasteiger partial charge is 0.341 e. The third-order valence-corrected chi connectivity index (χ3v) is 6.38. The van der Waals surface area contributed by atoms with Crippen molar-refractivity contribution in [1.29, 1.82) is 0 Å². The Hall–Kier alpha value is -3.66. The van der Waals surface area contributed by atoms with Crippen LogP contribution in [0.3, 0.4) is 0 Å². The zero-order chi connectivity index (χ0) is 23.8. The Labute approximate surface area is 194 Å². The molecule has 172 valence electrons. The summed E-state index contributed by atoms with van der Waals surface area (Å²) in [7, 11) is 1.51. The van der Waals surface area contributed by atoms with E-state index in [4.69, 9.17) is 11.6 Å². The number of nitrogens with one attached hydrogen (secondary N) is 1. The van der Waals surface area contributed by atoms with Crippen molar-refractivity contribution in [1.82, 2.24) is 15.1 Å². The van der Waals surface area contributed by atoms with Gasteiger partial charge in [0.1, 0.15) is 12.1 Å². The number of carbonyl (C=O) groups excluding carboxylic acids is 3. The van der Waals surface area contributed by atoms with Crippen LogP contribution in [0.1, 0.15) is 12.0 Å². The fourth-order valence-electron chi connectivity index (χ4n) is 4.39. The van der Waals surface area contributed by atoms with E-state index in [1.54, 1.807) is 29.2 Å². The molecular formula is C22H22ClN5O5. The number of nitrogens with zero attached hydrogens (tertiary/aromatic N) is 4. The Kier molecular flexibility index (Phi) is 5.94. The van der Waals surface area contributed by atoms with Crippen LogP contribution in [0.5, 0.6) is 0 Å². The number of amides is 4.